The summed E-state index contributed by atoms with van der Waals surface area (Å²) in [5.41, 5.74) is 2.17. The van der Waals surface area contributed by atoms with Crippen molar-refractivity contribution in [2.45, 2.75) is 64.0 Å². The van der Waals surface area contributed by atoms with Gasteiger partial charge in [-0.15, -0.1) is 0 Å². The first-order chi connectivity index (χ1) is 11.2. The minimum absolute atomic E-state index is 0.370. The van der Waals surface area contributed by atoms with Crippen molar-refractivity contribution < 1.29 is 4.52 Å². The fourth-order valence-corrected chi connectivity index (χ4v) is 3.29. The zero-order valence-corrected chi connectivity index (χ0v) is 14.1. The molecule has 0 amide bonds. The van der Waals surface area contributed by atoms with Gasteiger partial charge in [0.25, 0.3) is 0 Å². The fraction of sp³-hybridized carbons (Fsp3) is 0.611. The van der Waals surface area contributed by atoms with E-state index in [4.69, 9.17) is 4.52 Å². The van der Waals surface area contributed by atoms with Crippen molar-refractivity contribution in [1.82, 2.24) is 20.0 Å². The first-order valence-electron chi connectivity index (χ1n) is 8.63. The van der Waals surface area contributed by atoms with E-state index in [1.807, 2.05) is 6.20 Å². The number of hydrogen-bond donors (Lipinski definition) is 0. The van der Waals surface area contributed by atoms with Gasteiger partial charge in [0.05, 0.1) is 17.9 Å². The first kappa shape index (κ1) is 16.1. The second kappa shape index (κ2) is 7.68. The van der Waals surface area contributed by atoms with E-state index in [9.17, 15) is 0 Å². The van der Waals surface area contributed by atoms with Crippen LogP contribution in [-0.2, 0) is 13.0 Å². The van der Waals surface area contributed by atoms with E-state index in [2.05, 4.69) is 40.1 Å². The van der Waals surface area contributed by atoms with Crippen LogP contribution >= 0.6 is 0 Å². The highest BCUT2D eigenvalue weighted by molar-refractivity contribution is 5.11. The fourth-order valence-electron chi connectivity index (χ4n) is 3.29. The van der Waals surface area contributed by atoms with Gasteiger partial charge in [-0.05, 0) is 26.8 Å². The maximum Gasteiger partial charge on any atom is 0.150 e. The molecule has 2 aromatic heterocycles. The molecule has 0 N–H and O–H groups in total. The minimum atomic E-state index is 0.370. The lowest BCUT2D eigenvalue weighted by molar-refractivity contribution is 0.216. The van der Waals surface area contributed by atoms with Crippen LogP contribution in [0.15, 0.2) is 29.2 Å². The Morgan fingerprint density at radius 1 is 1.26 bits per heavy atom. The average molecular weight is 314 g/mol. The largest absolute Gasteiger partial charge is 0.360 e. The zero-order chi connectivity index (χ0) is 16.1. The van der Waals surface area contributed by atoms with Crippen LogP contribution in [0.2, 0.25) is 0 Å². The van der Waals surface area contributed by atoms with Crippen molar-refractivity contribution in [3.05, 3.63) is 41.8 Å². The summed E-state index contributed by atoms with van der Waals surface area (Å²) < 4.78 is 5.57. The molecule has 0 radical (unpaired) electrons. The molecule has 0 saturated heterocycles. The summed E-state index contributed by atoms with van der Waals surface area (Å²) in [6, 6.07) is 2.52. The Morgan fingerprint density at radius 2 is 2.09 bits per heavy atom. The van der Waals surface area contributed by atoms with Crippen LogP contribution < -0.4 is 0 Å². The van der Waals surface area contributed by atoms with Crippen LogP contribution in [0.1, 0.15) is 62.1 Å². The quantitative estimate of drug-likeness (QED) is 0.816. The Kier molecular flexibility index (Phi) is 5.39. The maximum atomic E-state index is 5.57. The normalized spacial score (nSPS) is 17.5. The van der Waals surface area contributed by atoms with Crippen molar-refractivity contribution in [2.24, 2.45) is 0 Å². The van der Waals surface area contributed by atoms with Crippen LogP contribution in [0.25, 0.3) is 0 Å². The number of nitrogens with zero attached hydrogens (tertiary/aromatic N) is 4. The van der Waals surface area contributed by atoms with E-state index in [-0.39, 0.29) is 0 Å². The molecule has 1 fully saturated rings. The van der Waals surface area contributed by atoms with Gasteiger partial charge in [-0.2, -0.15) is 0 Å². The summed E-state index contributed by atoms with van der Waals surface area (Å²) in [5, 5.41) is 4.31. The maximum absolute atomic E-state index is 5.57. The van der Waals surface area contributed by atoms with Gasteiger partial charge < -0.3 is 4.52 Å². The van der Waals surface area contributed by atoms with Crippen molar-refractivity contribution in [3.63, 3.8) is 0 Å². The molecule has 0 aromatic carbocycles. The van der Waals surface area contributed by atoms with Crippen LogP contribution in [0.3, 0.4) is 0 Å². The van der Waals surface area contributed by atoms with Gasteiger partial charge in [-0.3, -0.25) is 14.9 Å². The van der Waals surface area contributed by atoms with E-state index >= 15 is 0 Å². The topological polar surface area (TPSA) is 55.1 Å². The highest BCUT2D eigenvalue weighted by Crippen LogP contribution is 2.32. The zero-order valence-electron chi connectivity index (χ0n) is 14.1. The molecule has 0 aliphatic heterocycles. The van der Waals surface area contributed by atoms with Crippen LogP contribution in [0.4, 0.5) is 0 Å². The van der Waals surface area contributed by atoms with Crippen LogP contribution in [0, 0.1) is 0 Å². The molecule has 0 spiro atoms. The van der Waals surface area contributed by atoms with E-state index < -0.39 is 0 Å². The molecule has 1 atom stereocenters. The van der Waals surface area contributed by atoms with Crippen LogP contribution in [0.5, 0.6) is 0 Å². The summed E-state index contributed by atoms with van der Waals surface area (Å²) in [6.45, 7) is 2.98. The number of rotatable bonds is 6. The second-order valence-electron chi connectivity index (χ2n) is 6.72. The monoisotopic (exact) mass is 314 g/mol. The molecule has 2 heterocycles. The smallest absolute Gasteiger partial charge is 0.150 e. The molecule has 3 rings (SSSR count). The number of likely N-dealkylation sites (N-methyl/N-ethyl adjacent to an activating group) is 1. The second-order valence-corrected chi connectivity index (χ2v) is 6.72. The summed E-state index contributed by atoms with van der Waals surface area (Å²) in [5.74, 6) is 1.56. The third-order valence-electron chi connectivity index (χ3n) is 4.88. The minimum Gasteiger partial charge on any atom is -0.360 e. The van der Waals surface area contributed by atoms with Gasteiger partial charge in [0.1, 0.15) is 0 Å². The summed E-state index contributed by atoms with van der Waals surface area (Å²) in [7, 11) is 2.11. The summed E-state index contributed by atoms with van der Waals surface area (Å²) in [6.07, 6.45) is 12.7. The lowest BCUT2D eigenvalue weighted by Gasteiger charge is -2.23. The van der Waals surface area contributed by atoms with Gasteiger partial charge in [0.15, 0.2) is 5.76 Å². The molecule has 2 aromatic rings. The molecule has 0 bridgehead atoms. The average Bonchev–Trinajstić information content (AvgIpc) is 3.05. The van der Waals surface area contributed by atoms with Gasteiger partial charge >= 0.3 is 0 Å². The lowest BCUT2D eigenvalue weighted by atomic mass is 9.87. The standard InChI is InChI=1S/C18H26N4O/c1-14(10-16-12-19-8-9-20-16)22(2)13-17-11-18(21-23-17)15-6-4-3-5-7-15/h8-9,11-12,14-15H,3-7,10,13H2,1-2H3/t14-/m1/s1. The third-order valence-corrected chi connectivity index (χ3v) is 4.88. The Hall–Kier alpha value is -1.75. The van der Waals surface area contributed by atoms with Gasteiger partial charge in [-0.25, -0.2) is 0 Å². The van der Waals surface area contributed by atoms with E-state index in [0.717, 1.165) is 30.1 Å². The lowest BCUT2D eigenvalue weighted by Crippen LogP contribution is -2.30. The SMILES string of the molecule is C[C@H](Cc1cnccn1)N(C)Cc1cc(C2CCCCC2)no1. The molecular weight excluding hydrogens is 288 g/mol. The van der Waals surface area contributed by atoms with Crippen molar-refractivity contribution in [3.8, 4) is 0 Å². The highest BCUT2D eigenvalue weighted by Gasteiger charge is 2.20. The molecule has 124 valence electrons. The van der Waals surface area contributed by atoms with Crippen molar-refractivity contribution >= 4 is 0 Å². The molecule has 5 nitrogen and oxygen atoms in total. The Labute approximate surface area is 138 Å². The first-order valence-corrected chi connectivity index (χ1v) is 8.63. The van der Waals surface area contributed by atoms with Crippen LogP contribution in [-0.4, -0.2) is 33.1 Å². The number of hydrogen-bond acceptors (Lipinski definition) is 5. The van der Waals surface area contributed by atoms with Gasteiger partial charge in [-0.1, -0.05) is 24.4 Å². The molecule has 1 aliphatic rings. The Bertz CT molecular complexity index is 592. The van der Waals surface area contributed by atoms with Gasteiger partial charge in [0.2, 0.25) is 0 Å². The Morgan fingerprint density at radius 3 is 2.83 bits per heavy atom. The van der Waals surface area contributed by atoms with E-state index in [1.165, 1.54) is 32.1 Å². The molecular formula is C18H26N4O. The summed E-state index contributed by atoms with van der Waals surface area (Å²) >= 11 is 0. The third kappa shape index (κ3) is 4.38. The Balaban J connectivity index is 1.55. The molecule has 1 aliphatic carbocycles. The molecule has 0 unspecified atom stereocenters. The molecule has 23 heavy (non-hydrogen) atoms. The molecule has 5 heteroatoms. The van der Waals surface area contributed by atoms with E-state index in [0.29, 0.717) is 12.0 Å². The molecule has 1 saturated carbocycles. The predicted molar refractivity (Wildman–Crippen MR) is 89.0 cm³/mol. The van der Waals surface area contributed by atoms with Gasteiger partial charge in [0, 0.05) is 43.0 Å². The summed E-state index contributed by atoms with van der Waals surface area (Å²) in [4.78, 5) is 10.8. The van der Waals surface area contributed by atoms with Crippen molar-refractivity contribution in [2.75, 3.05) is 7.05 Å². The number of aromatic nitrogens is 3. The van der Waals surface area contributed by atoms with Crippen molar-refractivity contribution in [1.29, 1.82) is 0 Å². The predicted octanol–water partition coefficient (Wildman–Crippen LogP) is 3.58. The highest BCUT2D eigenvalue weighted by atomic mass is 16.5. The van der Waals surface area contributed by atoms with E-state index in [1.54, 1.807) is 12.4 Å².